The van der Waals surface area contributed by atoms with Crippen molar-refractivity contribution < 1.29 is 5.11 Å². The van der Waals surface area contributed by atoms with Gasteiger partial charge in [-0.1, -0.05) is 19.9 Å². The first-order valence-corrected chi connectivity index (χ1v) is 7.76. The van der Waals surface area contributed by atoms with Crippen molar-refractivity contribution in [2.45, 2.75) is 63.9 Å². The molecule has 4 unspecified atom stereocenters. The van der Waals surface area contributed by atoms with Crippen molar-refractivity contribution >= 4 is 0 Å². The first-order valence-electron chi connectivity index (χ1n) is 7.76. The molecule has 2 aliphatic carbocycles. The van der Waals surface area contributed by atoms with Crippen LogP contribution in [-0.2, 0) is 6.42 Å². The molecule has 0 radical (unpaired) electrons. The van der Waals surface area contributed by atoms with E-state index in [1.807, 2.05) is 12.3 Å². The summed E-state index contributed by atoms with van der Waals surface area (Å²) in [5.41, 5.74) is 2.02. The highest BCUT2D eigenvalue weighted by Crippen LogP contribution is 2.47. The Morgan fingerprint density at radius 1 is 1.26 bits per heavy atom. The smallest absolute Gasteiger partial charge is 0.0733 e. The monoisotopic (exact) mass is 259 g/mol. The molecule has 1 aromatic heterocycles. The van der Waals surface area contributed by atoms with Crippen LogP contribution in [0.15, 0.2) is 18.3 Å². The Labute approximate surface area is 116 Å². The van der Waals surface area contributed by atoms with E-state index >= 15 is 0 Å². The number of rotatable bonds is 1. The molecule has 1 N–H and O–H groups in total. The molecule has 2 heteroatoms. The summed E-state index contributed by atoms with van der Waals surface area (Å²) >= 11 is 0. The number of pyridine rings is 1. The SMILES string of the molecule is CC1CCC(O)(C2CCCc3cccnc32)CC1C. The minimum atomic E-state index is -0.518. The van der Waals surface area contributed by atoms with Gasteiger partial charge >= 0.3 is 0 Å². The predicted octanol–water partition coefficient (Wildman–Crippen LogP) is 3.69. The van der Waals surface area contributed by atoms with Crippen LogP contribution >= 0.6 is 0 Å². The zero-order valence-corrected chi connectivity index (χ0v) is 12.1. The topological polar surface area (TPSA) is 33.1 Å². The van der Waals surface area contributed by atoms with Gasteiger partial charge in [-0.05, 0) is 62.0 Å². The number of hydrogen-bond donors (Lipinski definition) is 1. The summed E-state index contributed by atoms with van der Waals surface area (Å²) in [4.78, 5) is 4.61. The molecule has 0 aliphatic heterocycles. The first-order chi connectivity index (χ1) is 9.10. The fourth-order valence-corrected chi connectivity index (χ4v) is 4.07. The second kappa shape index (κ2) is 4.90. The van der Waals surface area contributed by atoms with E-state index < -0.39 is 5.60 Å². The molecule has 1 fully saturated rings. The standard InChI is InChI=1S/C17H25NO/c1-12-8-9-17(19,11-13(12)2)15-7-3-5-14-6-4-10-18-16(14)15/h4,6,10,12-13,15,19H,3,5,7-9,11H2,1-2H3. The maximum atomic E-state index is 11.2. The summed E-state index contributed by atoms with van der Waals surface area (Å²) in [7, 11) is 0. The van der Waals surface area contributed by atoms with Crippen molar-refractivity contribution in [1.82, 2.24) is 4.98 Å². The molecular formula is C17H25NO. The molecule has 2 nitrogen and oxygen atoms in total. The number of aromatic nitrogens is 1. The minimum absolute atomic E-state index is 0.257. The van der Waals surface area contributed by atoms with Crippen molar-refractivity contribution in [2.24, 2.45) is 11.8 Å². The molecule has 1 heterocycles. The summed E-state index contributed by atoms with van der Waals surface area (Å²) in [6.07, 6.45) is 8.33. The van der Waals surface area contributed by atoms with E-state index in [-0.39, 0.29) is 5.92 Å². The van der Waals surface area contributed by atoms with E-state index in [0.717, 1.165) is 38.0 Å². The van der Waals surface area contributed by atoms with Crippen LogP contribution < -0.4 is 0 Å². The maximum Gasteiger partial charge on any atom is 0.0733 e. The largest absolute Gasteiger partial charge is 0.389 e. The number of fused-ring (bicyclic) bond motifs is 1. The van der Waals surface area contributed by atoms with E-state index in [1.165, 1.54) is 17.7 Å². The Morgan fingerprint density at radius 3 is 2.89 bits per heavy atom. The molecule has 0 saturated heterocycles. The van der Waals surface area contributed by atoms with Crippen molar-refractivity contribution in [1.29, 1.82) is 0 Å². The van der Waals surface area contributed by atoms with Gasteiger partial charge in [-0.3, -0.25) is 4.98 Å². The molecule has 3 rings (SSSR count). The molecule has 0 spiro atoms. The second-order valence-electron chi connectivity index (χ2n) is 6.79. The average molecular weight is 259 g/mol. The Kier molecular flexibility index (Phi) is 3.38. The zero-order valence-electron chi connectivity index (χ0n) is 12.1. The third-order valence-electron chi connectivity index (χ3n) is 5.52. The molecule has 0 aromatic carbocycles. The van der Waals surface area contributed by atoms with Gasteiger partial charge < -0.3 is 5.11 Å². The van der Waals surface area contributed by atoms with Crippen molar-refractivity contribution in [3.8, 4) is 0 Å². The van der Waals surface area contributed by atoms with Gasteiger partial charge in [0.05, 0.1) is 5.60 Å². The van der Waals surface area contributed by atoms with Gasteiger partial charge in [-0.15, -0.1) is 0 Å². The van der Waals surface area contributed by atoms with E-state index in [0.29, 0.717) is 5.92 Å². The highest BCUT2D eigenvalue weighted by atomic mass is 16.3. The van der Waals surface area contributed by atoms with Crippen molar-refractivity contribution in [3.05, 3.63) is 29.6 Å². The van der Waals surface area contributed by atoms with E-state index in [2.05, 4.69) is 24.9 Å². The second-order valence-corrected chi connectivity index (χ2v) is 6.79. The lowest BCUT2D eigenvalue weighted by atomic mass is 9.64. The Hall–Kier alpha value is -0.890. The highest BCUT2D eigenvalue weighted by Gasteiger charge is 2.44. The van der Waals surface area contributed by atoms with E-state index in [9.17, 15) is 5.11 Å². The predicted molar refractivity (Wildman–Crippen MR) is 77.0 cm³/mol. The zero-order chi connectivity index (χ0) is 13.5. The summed E-state index contributed by atoms with van der Waals surface area (Å²) < 4.78 is 0. The highest BCUT2D eigenvalue weighted by molar-refractivity contribution is 5.29. The lowest BCUT2D eigenvalue weighted by molar-refractivity contribution is -0.0554. The van der Waals surface area contributed by atoms with Crippen molar-refractivity contribution in [3.63, 3.8) is 0 Å². The molecule has 0 bridgehead atoms. The average Bonchev–Trinajstić information content (AvgIpc) is 2.43. The van der Waals surface area contributed by atoms with Gasteiger partial charge in [-0.25, -0.2) is 0 Å². The van der Waals surface area contributed by atoms with Crippen LogP contribution in [0.4, 0.5) is 0 Å². The maximum absolute atomic E-state index is 11.2. The van der Waals surface area contributed by atoms with Crippen LogP contribution in [0, 0.1) is 11.8 Å². The summed E-state index contributed by atoms with van der Waals surface area (Å²) in [6.45, 7) is 4.61. The van der Waals surface area contributed by atoms with Crippen LogP contribution in [0.25, 0.3) is 0 Å². The van der Waals surface area contributed by atoms with Gasteiger partial charge in [0.25, 0.3) is 0 Å². The lowest BCUT2D eigenvalue weighted by Gasteiger charge is -2.45. The fourth-order valence-electron chi connectivity index (χ4n) is 4.07. The summed E-state index contributed by atoms with van der Waals surface area (Å²) in [6, 6.07) is 4.21. The van der Waals surface area contributed by atoms with Gasteiger partial charge in [-0.2, -0.15) is 0 Å². The van der Waals surface area contributed by atoms with Crippen LogP contribution in [0.5, 0.6) is 0 Å². The normalized spacial score (nSPS) is 38.8. The molecule has 2 aliphatic rings. The molecule has 104 valence electrons. The first kappa shape index (κ1) is 13.1. The van der Waals surface area contributed by atoms with Gasteiger partial charge in [0.1, 0.15) is 0 Å². The van der Waals surface area contributed by atoms with Crippen LogP contribution in [-0.4, -0.2) is 15.7 Å². The number of nitrogens with zero attached hydrogens (tertiary/aromatic N) is 1. The molecular weight excluding hydrogens is 234 g/mol. The third-order valence-corrected chi connectivity index (χ3v) is 5.52. The van der Waals surface area contributed by atoms with Crippen molar-refractivity contribution in [2.75, 3.05) is 0 Å². The molecule has 19 heavy (non-hydrogen) atoms. The Morgan fingerprint density at radius 2 is 2.11 bits per heavy atom. The van der Waals surface area contributed by atoms with E-state index in [4.69, 9.17) is 0 Å². The van der Waals surface area contributed by atoms with Crippen LogP contribution in [0.3, 0.4) is 0 Å². The van der Waals surface area contributed by atoms with Gasteiger partial charge in [0.2, 0.25) is 0 Å². The molecule has 1 saturated carbocycles. The molecule has 1 aromatic rings. The third kappa shape index (κ3) is 2.31. The number of aliphatic hydroxyl groups is 1. The quantitative estimate of drug-likeness (QED) is 0.834. The minimum Gasteiger partial charge on any atom is -0.389 e. The summed E-state index contributed by atoms with van der Waals surface area (Å²) in [5, 5.41) is 11.2. The summed E-state index contributed by atoms with van der Waals surface area (Å²) in [5.74, 6) is 1.62. The molecule has 0 amide bonds. The number of hydrogen-bond acceptors (Lipinski definition) is 2. The lowest BCUT2D eigenvalue weighted by Crippen LogP contribution is -2.44. The molecule has 4 atom stereocenters. The number of aryl methyl sites for hydroxylation is 1. The van der Waals surface area contributed by atoms with E-state index in [1.54, 1.807) is 0 Å². The van der Waals surface area contributed by atoms with Gasteiger partial charge in [0, 0.05) is 17.8 Å². The van der Waals surface area contributed by atoms with Crippen LogP contribution in [0.1, 0.15) is 63.1 Å². The fraction of sp³-hybridized carbons (Fsp3) is 0.706. The van der Waals surface area contributed by atoms with Crippen LogP contribution in [0.2, 0.25) is 0 Å². The van der Waals surface area contributed by atoms with Gasteiger partial charge in [0.15, 0.2) is 0 Å². The Bertz CT molecular complexity index is 458. The Balaban J connectivity index is 1.90.